The SMILES string of the molecule is Cc1ccc(C#CC=O)cc1C. The minimum Gasteiger partial charge on any atom is -0.289 e. The second-order valence-electron chi connectivity index (χ2n) is 2.69. The van der Waals surface area contributed by atoms with E-state index >= 15 is 0 Å². The summed E-state index contributed by atoms with van der Waals surface area (Å²) in [5, 5.41) is 0. The summed E-state index contributed by atoms with van der Waals surface area (Å²) in [6.07, 6.45) is 0.606. The first-order chi connectivity index (χ1) is 5.74. The normalized spacial score (nSPS) is 8.50. The van der Waals surface area contributed by atoms with Crippen molar-refractivity contribution in [2.75, 3.05) is 0 Å². The molecule has 0 N–H and O–H groups in total. The van der Waals surface area contributed by atoms with Crippen molar-refractivity contribution in [3.05, 3.63) is 34.9 Å². The van der Waals surface area contributed by atoms with E-state index in [1.165, 1.54) is 11.1 Å². The molecule has 0 saturated heterocycles. The van der Waals surface area contributed by atoms with Crippen LogP contribution in [0.5, 0.6) is 0 Å². The molecule has 0 bridgehead atoms. The van der Waals surface area contributed by atoms with E-state index < -0.39 is 0 Å². The first-order valence-corrected chi connectivity index (χ1v) is 3.76. The van der Waals surface area contributed by atoms with Crippen molar-refractivity contribution in [3.63, 3.8) is 0 Å². The summed E-state index contributed by atoms with van der Waals surface area (Å²) in [6, 6.07) is 5.90. The highest BCUT2D eigenvalue weighted by atomic mass is 16.1. The summed E-state index contributed by atoms with van der Waals surface area (Å²) in [7, 11) is 0. The fourth-order valence-corrected chi connectivity index (χ4v) is 0.932. The van der Waals surface area contributed by atoms with E-state index in [2.05, 4.69) is 11.8 Å². The summed E-state index contributed by atoms with van der Waals surface area (Å²) < 4.78 is 0. The van der Waals surface area contributed by atoms with Gasteiger partial charge in [-0.2, -0.15) is 0 Å². The molecule has 0 atom stereocenters. The number of hydrogen-bond donors (Lipinski definition) is 0. The third-order valence-electron chi connectivity index (χ3n) is 1.78. The Balaban J connectivity index is 3.04. The van der Waals surface area contributed by atoms with Gasteiger partial charge < -0.3 is 0 Å². The van der Waals surface area contributed by atoms with Crippen LogP contribution in [0.4, 0.5) is 0 Å². The third kappa shape index (κ3) is 1.96. The van der Waals surface area contributed by atoms with Gasteiger partial charge in [0.1, 0.15) is 0 Å². The van der Waals surface area contributed by atoms with Gasteiger partial charge in [-0.1, -0.05) is 12.0 Å². The predicted octanol–water partition coefficient (Wildman–Crippen LogP) is 1.85. The minimum atomic E-state index is 0.606. The average Bonchev–Trinajstić information content (AvgIpc) is 2.07. The van der Waals surface area contributed by atoms with Crippen molar-refractivity contribution in [2.24, 2.45) is 0 Å². The maximum absolute atomic E-state index is 9.96. The van der Waals surface area contributed by atoms with Crippen molar-refractivity contribution in [1.82, 2.24) is 0 Å². The van der Waals surface area contributed by atoms with Crippen LogP contribution in [0, 0.1) is 25.7 Å². The summed E-state index contributed by atoms with van der Waals surface area (Å²) >= 11 is 0. The monoisotopic (exact) mass is 158 g/mol. The van der Waals surface area contributed by atoms with Gasteiger partial charge in [0.2, 0.25) is 0 Å². The topological polar surface area (TPSA) is 17.1 Å². The maximum Gasteiger partial charge on any atom is 0.193 e. The number of rotatable bonds is 0. The predicted molar refractivity (Wildman–Crippen MR) is 48.9 cm³/mol. The molecular weight excluding hydrogens is 148 g/mol. The van der Waals surface area contributed by atoms with Crippen LogP contribution in [0.25, 0.3) is 0 Å². The van der Waals surface area contributed by atoms with E-state index in [1.807, 2.05) is 32.0 Å². The molecule has 0 spiro atoms. The Hall–Kier alpha value is -1.55. The van der Waals surface area contributed by atoms with Gasteiger partial charge in [-0.05, 0) is 43.0 Å². The third-order valence-corrected chi connectivity index (χ3v) is 1.78. The van der Waals surface area contributed by atoms with E-state index in [1.54, 1.807) is 0 Å². The maximum atomic E-state index is 9.96. The molecule has 0 aromatic heterocycles. The molecule has 0 fully saturated rings. The molecule has 0 saturated carbocycles. The molecule has 0 aliphatic heterocycles. The number of aldehydes is 1. The Kier molecular flexibility index (Phi) is 2.66. The molecular formula is C11H10O. The molecule has 1 aromatic carbocycles. The molecule has 12 heavy (non-hydrogen) atoms. The number of carbonyl (C=O) groups is 1. The van der Waals surface area contributed by atoms with Crippen LogP contribution in [-0.2, 0) is 4.79 Å². The first kappa shape index (κ1) is 8.55. The lowest BCUT2D eigenvalue weighted by molar-refractivity contribution is -0.103. The van der Waals surface area contributed by atoms with Crippen LogP contribution >= 0.6 is 0 Å². The smallest absolute Gasteiger partial charge is 0.193 e. The molecule has 0 radical (unpaired) electrons. The Bertz CT molecular complexity index is 353. The van der Waals surface area contributed by atoms with E-state index in [-0.39, 0.29) is 0 Å². The second-order valence-corrected chi connectivity index (χ2v) is 2.69. The largest absolute Gasteiger partial charge is 0.289 e. The van der Waals surface area contributed by atoms with Crippen LogP contribution in [0.2, 0.25) is 0 Å². The first-order valence-electron chi connectivity index (χ1n) is 3.76. The van der Waals surface area contributed by atoms with E-state index in [0.29, 0.717) is 6.29 Å². The van der Waals surface area contributed by atoms with Gasteiger partial charge in [0, 0.05) is 5.56 Å². The molecule has 0 heterocycles. The zero-order chi connectivity index (χ0) is 8.97. The molecule has 1 heteroatoms. The highest BCUT2D eigenvalue weighted by Gasteiger charge is 1.91. The number of carbonyl (C=O) groups excluding carboxylic acids is 1. The van der Waals surface area contributed by atoms with Crippen LogP contribution in [0.1, 0.15) is 16.7 Å². The van der Waals surface area contributed by atoms with Crippen molar-refractivity contribution in [1.29, 1.82) is 0 Å². The quantitative estimate of drug-likeness (QED) is 0.416. The van der Waals surface area contributed by atoms with Crippen molar-refractivity contribution >= 4 is 6.29 Å². The van der Waals surface area contributed by atoms with E-state index in [9.17, 15) is 4.79 Å². The Morgan fingerprint density at radius 3 is 2.58 bits per heavy atom. The zero-order valence-corrected chi connectivity index (χ0v) is 7.22. The highest BCUT2D eigenvalue weighted by molar-refractivity contribution is 5.74. The van der Waals surface area contributed by atoms with Crippen molar-refractivity contribution in [2.45, 2.75) is 13.8 Å². The fourth-order valence-electron chi connectivity index (χ4n) is 0.932. The molecule has 1 aromatic rings. The summed E-state index contributed by atoms with van der Waals surface area (Å²) in [6.45, 7) is 4.08. The summed E-state index contributed by atoms with van der Waals surface area (Å²) in [4.78, 5) is 9.96. The zero-order valence-electron chi connectivity index (χ0n) is 7.22. The minimum absolute atomic E-state index is 0.606. The van der Waals surface area contributed by atoms with Gasteiger partial charge in [0.15, 0.2) is 6.29 Å². The molecule has 0 amide bonds. The molecule has 0 aliphatic rings. The standard InChI is InChI=1S/C11H10O/c1-9-5-6-11(4-3-7-12)8-10(9)2/h5-8H,1-2H3. The molecule has 1 rings (SSSR count). The lowest BCUT2D eigenvalue weighted by Gasteiger charge is -1.98. The van der Waals surface area contributed by atoms with Gasteiger partial charge in [-0.3, -0.25) is 4.79 Å². The number of benzene rings is 1. The van der Waals surface area contributed by atoms with E-state index in [0.717, 1.165) is 5.56 Å². The van der Waals surface area contributed by atoms with Crippen LogP contribution < -0.4 is 0 Å². The summed E-state index contributed by atoms with van der Waals surface area (Å²) in [5.74, 6) is 5.12. The fraction of sp³-hybridized carbons (Fsp3) is 0.182. The highest BCUT2D eigenvalue weighted by Crippen LogP contribution is 2.08. The van der Waals surface area contributed by atoms with Crippen LogP contribution in [-0.4, -0.2) is 6.29 Å². The lowest BCUT2D eigenvalue weighted by Crippen LogP contribution is -1.82. The van der Waals surface area contributed by atoms with Gasteiger partial charge >= 0.3 is 0 Å². The molecule has 1 nitrogen and oxygen atoms in total. The van der Waals surface area contributed by atoms with Crippen molar-refractivity contribution < 1.29 is 4.79 Å². The second kappa shape index (κ2) is 3.73. The summed E-state index contributed by atoms with van der Waals surface area (Å²) in [5.41, 5.74) is 3.34. The Morgan fingerprint density at radius 1 is 1.25 bits per heavy atom. The van der Waals surface area contributed by atoms with Gasteiger partial charge in [-0.15, -0.1) is 0 Å². The molecule has 0 aliphatic carbocycles. The van der Waals surface area contributed by atoms with Gasteiger partial charge in [0.05, 0.1) is 0 Å². The Morgan fingerprint density at radius 2 is 2.00 bits per heavy atom. The van der Waals surface area contributed by atoms with E-state index in [4.69, 9.17) is 0 Å². The number of hydrogen-bond acceptors (Lipinski definition) is 1. The number of aryl methyl sites for hydroxylation is 2. The van der Waals surface area contributed by atoms with Crippen LogP contribution in [0.3, 0.4) is 0 Å². The van der Waals surface area contributed by atoms with Crippen molar-refractivity contribution in [3.8, 4) is 11.8 Å². The molecule has 60 valence electrons. The van der Waals surface area contributed by atoms with Gasteiger partial charge in [0.25, 0.3) is 0 Å². The van der Waals surface area contributed by atoms with Crippen LogP contribution in [0.15, 0.2) is 18.2 Å². The average molecular weight is 158 g/mol. The molecule has 0 unspecified atom stereocenters. The lowest BCUT2D eigenvalue weighted by atomic mass is 10.1. The van der Waals surface area contributed by atoms with Gasteiger partial charge in [-0.25, -0.2) is 0 Å². The Labute approximate surface area is 72.4 Å².